The van der Waals surface area contributed by atoms with E-state index in [0.29, 0.717) is 32.2 Å². The second kappa shape index (κ2) is 16.4. The lowest BCUT2D eigenvalue weighted by molar-refractivity contribution is -0.141. The summed E-state index contributed by atoms with van der Waals surface area (Å²) in [5.41, 5.74) is 13.4. The van der Waals surface area contributed by atoms with Gasteiger partial charge in [-0.2, -0.15) is 12.6 Å². The van der Waals surface area contributed by atoms with Gasteiger partial charge in [-0.1, -0.05) is 60.7 Å². The Bertz CT molecular complexity index is 1040. The average molecular weight is 544 g/mol. The van der Waals surface area contributed by atoms with Gasteiger partial charge in [0.15, 0.2) is 0 Å². The number of nitrogens with two attached hydrogens (primary N) is 2. The van der Waals surface area contributed by atoms with Gasteiger partial charge in [0.2, 0.25) is 17.7 Å². The molecule has 0 fully saturated rings. The molecule has 8 N–H and O–H groups in total. The van der Waals surface area contributed by atoms with E-state index in [2.05, 4.69) is 28.6 Å². The van der Waals surface area contributed by atoms with Crippen molar-refractivity contribution in [1.29, 1.82) is 0 Å². The van der Waals surface area contributed by atoms with Gasteiger partial charge in [-0.25, -0.2) is 4.79 Å². The van der Waals surface area contributed by atoms with Crippen LogP contribution in [0.1, 0.15) is 30.4 Å². The van der Waals surface area contributed by atoms with E-state index in [0.717, 1.165) is 11.1 Å². The van der Waals surface area contributed by atoms with E-state index < -0.39 is 47.9 Å². The maximum atomic E-state index is 13.3. The molecule has 11 heteroatoms. The van der Waals surface area contributed by atoms with E-state index >= 15 is 0 Å². The fraction of sp³-hybridized carbons (Fsp3) is 0.407. The molecule has 0 radical (unpaired) electrons. The number of thiol groups is 1. The minimum atomic E-state index is -1.24. The number of aliphatic carboxylic acids is 1. The SMILES string of the molecule is NCCCCC(NC(=O)C(N)Cc1ccccc1)C(=O)NC(Cc1ccccc1)C(=O)NC(CS)C(=O)O. The molecule has 2 aromatic rings. The predicted molar refractivity (Wildman–Crippen MR) is 148 cm³/mol. The Kier molecular flexibility index (Phi) is 13.3. The van der Waals surface area contributed by atoms with Crippen molar-refractivity contribution in [3.05, 3.63) is 71.8 Å². The van der Waals surface area contributed by atoms with Crippen LogP contribution in [0, 0.1) is 0 Å². The quantitative estimate of drug-likeness (QED) is 0.118. The van der Waals surface area contributed by atoms with Gasteiger partial charge in [-0.15, -0.1) is 0 Å². The lowest BCUT2D eigenvalue weighted by Crippen LogP contribution is -2.58. The van der Waals surface area contributed by atoms with Crippen LogP contribution in [0.5, 0.6) is 0 Å². The fourth-order valence-corrected chi connectivity index (χ4v) is 4.04. The number of carbonyl (C=O) groups is 4. The number of carboxylic acids is 1. The zero-order valence-corrected chi connectivity index (χ0v) is 22.1. The Morgan fingerprint density at radius 3 is 1.76 bits per heavy atom. The summed E-state index contributed by atoms with van der Waals surface area (Å²) in [5.74, 6) is -3.10. The fourth-order valence-electron chi connectivity index (χ4n) is 3.79. The van der Waals surface area contributed by atoms with Gasteiger partial charge in [0.25, 0.3) is 0 Å². The van der Waals surface area contributed by atoms with E-state index in [4.69, 9.17) is 11.5 Å². The monoisotopic (exact) mass is 543 g/mol. The largest absolute Gasteiger partial charge is 0.480 e. The third-order valence-corrected chi connectivity index (χ3v) is 6.29. The van der Waals surface area contributed by atoms with Crippen LogP contribution < -0.4 is 27.4 Å². The molecule has 0 aromatic heterocycles. The molecule has 2 rings (SSSR count). The molecule has 206 valence electrons. The van der Waals surface area contributed by atoms with Gasteiger partial charge in [-0.05, 0) is 43.4 Å². The van der Waals surface area contributed by atoms with Crippen LogP contribution in [0.3, 0.4) is 0 Å². The molecule has 2 aromatic carbocycles. The van der Waals surface area contributed by atoms with Crippen LogP contribution in [0.2, 0.25) is 0 Å². The lowest BCUT2D eigenvalue weighted by atomic mass is 10.0. The summed E-state index contributed by atoms with van der Waals surface area (Å²) < 4.78 is 0. The Morgan fingerprint density at radius 2 is 1.24 bits per heavy atom. The molecule has 0 bridgehead atoms. The highest BCUT2D eigenvalue weighted by Gasteiger charge is 2.30. The van der Waals surface area contributed by atoms with E-state index in [1.807, 2.05) is 36.4 Å². The number of hydrogen-bond acceptors (Lipinski definition) is 7. The molecule has 0 saturated heterocycles. The normalized spacial score (nSPS) is 14.0. The molecule has 0 aliphatic rings. The van der Waals surface area contributed by atoms with Crippen LogP contribution in [0.4, 0.5) is 0 Å². The van der Waals surface area contributed by atoms with Gasteiger partial charge < -0.3 is 32.5 Å². The highest BCUT2D eigenvalue weighted by Crippen LogP contribution is 2.08. The number of nitrogens with one attached hydrogen (secondary N) is 3. The van der Waals surface area contributed by atoms with E-state index in [-0.39, 0.29) is 12.2 Å². The van der Waals surface area contributed by atoms with Gasteiger partial charge in [-0.3, -0.25) is 14.4 Å². The predicted octanol–water partition coefficient (Wildman–Crippen LogP) is 0.397. The van der Waals surface area contributed by atoms with Crippen LogP contribution in [0.15, 0.2) is 60.7 Å². The summed E-state index contributed by atoms with van der Waals surface area (Å²) in [7, 11) is 0. The second-order valence-electron chi connectivity index (χ2n) is 8.97. The molecular formula is C27H37N5O5S. The first-order valence-corrected chi connectivity index (χ1v) is 13.2. The summed E-state index contributed by atoms with van der Waals surface area (Å²) in [5, 5.41) is 17.2. The van der Waals surface area contributed by atoms with Crippen LogP contribution in [0.25, 0.3) is 0 Å². The number of carbonyl (C=O) groups excluding carboxylic acids is 3. The first kappa shape index (κ1) is 30.8. The summed E-state index contributed by atoms with van der Waals surface area (Å²) in [6.07, 6.45) is 1.92. The number of hydrogen-bond donors (Lipinski definition) is 7. The molecular weight excluding hydrogens is 506 g/mol. The number of rotatable bonds is 16. The van der Waals surface area contributed by atoms with Gasteiger partial charge in [0.05, 0.1) is 6.04 Å². The molecule has 38 heavy (non-hydrogen) atoms. The minimum Gasteiger partial charge on any atom is -0.480 e. The molecule has 4 unspecified atom stereocenters. The van der Waals surface area contributed by atoms with Crippen molar-refractivity contribution in [1.82, 2.24) is 16.0 Å². The Labute approximate surface area is 228 Å². The summed E-state index contributed by atoms with van der Waals surface area (Å²) in [6.45, 7) is 0.426. The summed E-state index contributed by atoms with van der Waals surface area (Å²) in [6, 6.07) is 14.1. The molecule has 0 aliphatic carbocycles. The van der Waals surface area contributed by atoms with Gasteiger partial charge >= 0.3 is 5.97 Å². The van der Waals surface area contributed by atoms with E-state index in [1.54, 1.807) is 24.3 Å². The molecule has 0 saturated carbocycles. The summed E-state index contributed by atoms with van der Waals surface area (Å²) >= 11 is 3.99. The van der Waals surface area contributed by atoms with Crippen molar-refractivity contribution >= 4 is 36.3 Å². The average Bonchev–Trinajstić information content (AvgIpc) is 2.91. The van der Waals surface area contributed by atoms with E-state index in [1.165, 1.54) is 0 Å². The van der Waals surface area contributed by atoms with Crippen LogP contribution >= 0.6 is 12.6 Å². The Balaban J connectivity index is 2.17. The van der Waals surface area contributed by atoms with Gasteiger partial charge in [0.1, 0.15) is 18.1 Å². The maximum Gasteiger partial charge on any atom is 0.327 e. The number of benzene rings is 2. The van der Waals surface area contributed by atoms with Crippen molar-refractivity contribution in [3.8, 4) is 0 Å². The molecule has 0 heterocycles. The molecule has 0 spiro atoms. The molecule has 4 atom stereocenters. The van der Waals surface area contributed by atoms with Crippen molar-refractivity contribution in [2.75, 3.05) is 12.3 Å². The smallest absolute Gasteiger partial charge is 0.327 e. The molecule has 3 amide bonds. The summed E-state index contributed by atoms with van der Waals surface area (Å²) in [4.78, 5) is 50.7. The van der Waals surface area contributed by atoms with Gasteiger partial charge in [0, 0.05) is 12.2 Å². The first-order chi connectivity index (χ1) is 18.2. The third kappa shape index (κ3) is 10.5. The van der Waals surface area contributed by atoms with Crippen molar-refractivity contribution in [2.45, 2.75) is 56.3 Å². The second-order valence-corrected chi connectivity index (χ2v) is 9.34. The number of carboxylic acid groups (broad SMARTS) is 1. The minimum absolute atomic E-state index is 0.119. The highest BCUT2D eigenvalue weighted by atomic mass is 32.1. The van der Waals surface area contributed by atoms with E-state index in [9.17, 15) is 24.3 Å². The first-order valence-electron chi connectivity index (χ1n) is 12.5. The Hall–Kier alpha value is -3.41. The lowest BCUT2D eigenvalue weighted by Gasteiger charge is -2.25. The number of amides is 3. The zero-order valence-electron chi connectivity index (χ0n) is 21.2. The number of unbranched alkanes of at least 4 members (excludes halogenated alkanes) is 1. The molecule has 0 aliphatic heterocycles. The van der Waals surface area contributed by atoms with Crippen molar-refractivity contribution < 1.29 is 24.3 Å². The highest BCUT2D eigenvalue weighted by molar-refractivity contribution is 7.80. The standard InChI is InChI=1S/C27H37N5O5S/c28-14-8-7-13-21(30-24(33)20(29)15-18-9-3-1-4-10-18)25(34)31-22(16-19-11-5-2-6-12-19)26(35)32-23(17-38)27(36)37/h1-6,9-12,20-23,38H,7-8,13-17,28-29H2,(H,30,33)(H,31,34)(H,32,35)(H,36,37). The topological polar surface area (TPSA) is 177 Å². The molecule has 10 nitrogen and oxygen atoms in total. The van der Waals surface area contributed by atoms with Crippen molar-refractivity contribution in [2.24, 2.45) is 11.5 Å². The Morgan fingerprint density at radius 1 is 0.737 bits per heavy atom. The zero-order chi connectivity index (χ0) is 27.9. The maximum absolute atomic E-state index is 13.3. The van der Waals surface area contributed by atoms with Crippen LogP contribution in [-0.4, -0.2) is 65.3 Å². The third-order valence-electron chi connectivity index (χ3n) is 5.93. The van der Waals surface area contributed by atoms with Crippen molar-refractivity contribution in [3.63, 3.8) is 0 Å². The van der Waals surface area contributed by atoms with Crippen LogP contribution in [-0.2, 0) is 32.0 Å².